The highest BCUT2D eigenvalue weighted by atomic mass is 79.9. The standard InChI is InChI=1S/C8H11BrN2O2/c1-4(2)3-5-6(9)7(8(12)13)11-10-5/h4H,3H2,1-2H3,(H,10,11)(H,12,13). The third-order valence-corrected chi connectivity index (χ3v) is 2.44. The summed E-state index contributed by atoms with van der Waals surface area (Å²) in [5.74, 6) is -0.545. The molecule has 0 atom stereocenters. The molecule has 0 spiro atoms. The van der Waals surface area contributed by atoms with Crippen LogP contribution in [0.25, 0.3) is 0 Å². The molecule has 0 saturated heterocycles. The van der Waals surface area contributed by atoms with Crippen LogP contribution in [0.3, 0.4) is 0 Å². The first-order valence-corrected chi connectivity index (χ1v) is 4.77. The van der Waals surface area contributed by atoms with E-state index >= 15 is 0 Å². The molecule has 1 rings (SSSR count). The summed E-state index contributed by atoms with van der Waals surface area (Å²) >= 11 is 3.21. The van der Waals surface area contributed by atoms with Crippen molar-refractivity contribution >= 4 is 21.9 Å². The predicted octanol–water partition coefficient (Wildman–Crippen LogP) is 2.07. The fourth-order valence-corrected chi connectivity index (χ4v) is 1.56. The van der Waals surface area contributed by atoms with Crippen molar-refractivity contribution in [3.8, 4) is 0 Å². The van der Waals surface area contributed by atoms with Gasteiger partial charge in [-0.2, -0.15) is 5.10 Å². The summed E-state index contributed by atoms with van der Waals surface area (Å²) in [5.41, 5.74) is 0.892. The van der Waals surface area contributed by atoms with Crippen LogP contribution in [0.1, 0.15) is 30.0 Å². The molecule has 1 heterocycles. The molecule has 0 bridgehead atoms. The van der Waals surface area contributed by atoms with E-state index in [9.17, 15) is 4.79 Å². The Bertz CT molecular complexity index is 320. The Morgan fingerprint density at radius 1 is 1.69 bits per heavy atom. The maximum absolute atomic E-state index is 10.6. The van der Waals surface area contributed by atoms with Gasteiger partial charge >= 0.3 is 5.97 Å². The van der Waals surface area contributed by atoms with Gasteiger partial charge in [-0.1, -0.05) is 13.8 Å². The van der Waals surface area contributed by atoms with Gasteiger partial charge < -0.3 is 5.11 Å². The minimum Gasteiger partial charge on any atom is -0.476 e. The van der Waals surface area contributed by atoms with Gasteiger partial charge in [0.05, 0.1) is 10.2 Å². The smallest absolute Gasteiger partial charge is 0.357 e. The average molecular weight is 247 g/mol. The van der Waals surface area contributed by atoms with Gasteiger partial charge in [-0.25, -0.2) is 4.79 Å². The maximum Gasteiger partial charge on any atom is 0.357 e. The van der Waals surface area contributed by atoms with Crippen molar-refractivity contribution < 1.29 is 9.90 Å². The lowest BCUT2D eigenvalue weighted by Crippen LogP contribution is -1.98. The van der Waals surface area contributed by atoms with Crippen molar-refractivity contribution in [1.29, 1.82) is 0 Å². The minimum absolute atomic E-state index is 0.0515. The predicted molar refractivity (Wildman–Crippen MR) is 51.8 cm³/mol. The fourth-order valence-electron chi connectivity index (χ4n) is 1.05. The average Bonchev–Trinajstić information content (AvgIpc) is 2.32. The van der Waals surface area contributed by atoms with E-state index < -0.39 is 5.97 Å². The minimum atomic E-state index is -1.02. The number of carboxylic acids is 1. The van der Waals surface area contributed by atoms with Gasteiger partial charge in [0.15, 0.2) is 5.69 Å². The molecule has 1 aromatic rings. The summed E-state index contributed by atoms with van der Waals surface area (Å²) in [6.07, 6.45) is 0.793. The summed E-state index contributed by atoms with van der Waals surface area (Å²) in [7, 11) is 0. The second-order valence-corrected chi connectivity index (χ2v) is 4.06. The van der Waals surface area contributed by atoms with Crippen LogP contribution in [0.5, 0.6) is 0 Å². The number of hydrogen-bond donors (Lipinski definition) is 2. The first-order chi connectivity index (χ1) is 6.02. The molecule has 0 radical (unpaired) electrons. The first-order valence-electron chi connectivity index (χ1n) is 3.98. The zero-order chi connectivity index (χ0) is 10.0. The molecule has 0 amide bonds. The molecule has 4 nitrogen and oxygen atoms in total. The lowest BCUT2D eigenvalue weighted by molar-refractivity contribution is 0.0689. The zero-order valence-electron chi connectivity index (χ0n) is 7.47. The topological polar surface area (TPSA) is 66.0 Å². The fraction of sp³-hybridized carbons (Fsp3) is 0.500. The van der Waals surface area contributed by atoms with E-state index in [1.54, 1.807) is 0 Å². The van der Waals surface area contributed by atoms with E-state index in [4.69, 9.17) is 5.11 Å². The molecule has 2 N–H and O–H groups in total. The maximum atomic E-state index is 10.6. The third kappa shape index (κ3) is 2.30. The Labute approximate surface area is 84.5 Å². The van der Waals surface area contributed by atoms with E-state index in [0.29, 0.717) is 10.4 Å². The van der Waals surface area contributed by atoms with Gasteiger partial charge in [0, 0.05) is 0 Å². The van der Waals surface area contributed by atoms with Crippen molar-refractivity contribution in [2.75, 3.05) is 0 Å². The quantitative estimate of drug-likeness (QED) is 0.859. The van der Waals surface area contributed by atoms with Crippen LogP contribution < -0.4 is 0 Å². The Kier molecular flexibility index (Phi) is 3.08. The Morgan fingerprint density at radius 2 is 2.31 bits per heavy atom. The summed E-state index contributed by atoms with van der Waals surface area (Å²) in [4.78, 5) is 10.6. The second-order valence-electron chi connectivity index (χ2n) is 3.27. The number of carbonyl (C=O) groups is 1. The monoisotopic (exact) mass is 246 g/mol. The molecule has 0 aromatic carbocycles. The molecule has 0 aliphatic heterocycles. The SMILES string of the molecule is CC(C)Cc1[nH]nc(C(=O)O)c1Br. The number of aromatic amines is 1. The molecule has 72 valence electrons. The summed E-state index contributed by atoms with van der Waals surface area (Å²) in [6.45, 7) is 4.13. The molecule has 5 heteroatoms. The third-order valence-electron chi connectivity index (χ3n) is 1.59. The molecule has 0 unspecified atom stereocenters. The molecule has 0 fully saturated rings. The normalized spacial score (nSPS) is 10.8. The zero-order valence-corrected chi connectivity index (χ0v) is 9.05. The molecule has 13 heavy (non-hydrogen) atoms. The van der Waals surface area contributed by atoms with Crippen LogP contribution in [-0.4, -0.2) is 21.3 Å². The highest BCUT2D eigenvalue weighted by molar-refractivity contribution is 9.10. The van der Waals surface area contributed by atoms with Crippen LogP contribution in [0.2, 0.25) is 0 Å². The number of nitrogens with zero attached hydrogens (tertiary/aromatic N) is 1. The number of aromatic nitrogens is 2. The van der Waals surface area contributed by atoms with Crippen LogP contribution in [0.4, 0.5) is 0 Å². The van der Waals surface area contributed by atoms with E-state index in [-0.39, 0.29) is 5.69 Å². The van der Waals surface area contributed by atoms with Gasteiger partial charge in [0.25, 0.3) is 0 Å². The molecule has 0 saturated carbocycles. The van der Waals surface area contributed by atoms with Crippen molar-refractivity contribution in [2.24, 2.45) is 5.92 Å². The number of rotatable bonds is 3. The summed E-state index contributed by atoms with van der Waals surface area (Å²) in [6, 6.07) is 0. The highest BCUT2D eigenvalue weighted by Crippen LogP contribution is 2.21. The van der Waals surface area contributed by atoms with Crippen LogP contribution in [0.15, 0.2) is 4.47 Å². The summed E-state index contributed by atoms with van der Waals surface area (Å²) in [5, 5.41) is 15.1. The van der Waals surface area contributed by atoms with Crippen LogP contribution >= 0.6 is 15.9 Å². The molecule has 0 aliphatic rings. The van der Waals surface area contributed by atoms with Gasteiger partial charge in [-0.15, -0.1) is 0 Å². The molecule has 0 aliphatic carbocycles. The van der Waals surface area contributed by atoms with Crippen LogP contribution in [-0.2, 0) is 6.42 Å². The highest BCUT2D eigenvalue weighted by Gasteiger charge is 2.16. The van der Waals surface area contributed by atoms with Crippen LogP contribution in [0, 0.1) is 5.92 Å². The van der Waals surface area contributed by atoms with Crippen molar-refractivity contribution in [3.05, 3.63) is 15.9 Å². The van der Waals surface area contributed by atoms with Gasteiger partial charge in [0.1, 0.15) is 0 Å². The number of aromatic carboxylic acids is 1. The first kappa shape index (κ1) is 10.2. The number of hydrogen-bond acceptors (Lipinski definition) is 2. The van der Waals surface area contributed by atoms with Gasteiger partial charge in [-0.05, 0) is 28.3 Å². The van der Waals surface area contributed by atoms with Gasteiger partial charge in [-0.3, -0.25) is 5.10 Å². The Morgan fingerprint density at radius 3 is 2.69 bits per heavy atom. The van der Waals surface area contributed by atoms with E-state index in [2.05, 4.69) is 40.0 Å². The molecular formula is C8H11BrN2O2. The number of H-pyrrole nitrogens is 1. The van der Waals surface area contributed by atoms with Crippen molar-refractivity contribution in [2.45, 2.75) is 20.3 Å². The van der Waals surface area contributed by atoms with Crippen molar-refractivity contribution in [1.82, 2.24) is 10.2 Å². The summed E-state index contributed by atoms with van der Waals surface area (Å²) < 4.78 is 0.564. The second kappa shape index (κ2) is 3.91. The Balaban J connectivity index is 2.93. The lowest BCUT2D eigenvalue weighted by Gasteiger charge is -2.01. The van der Waals surface area contributed by atoms with Crippen molar-refractivity contribution in [3.63, 3.8) is 0 Å². The molecular weight excluding hydrogens is 236 g/mol. The number of nitrogens with one attached hydrogen (secondary N) is 1. The largest absolute Gasteiger partial charge is 0.476 e. The van der Waals surface area contributed by atoms with E-state index in [0.717, 1.165) is 12.1 Å². The van der Waals surface area contributed by atoms with E-state index in [1.807, 2.05) is 0 Å². The lowest BCUT2D eigenvalue weighted by atomic mass is 10.1. The molecule has 1 aromatic heterocycles. The Hall–Kier alpha value is -0.840. The number of halogens is 1. The van der Waals surface area contributed by atoms with E-state index in [1.165, 1.54) is 0 Å². The number of carboxylic acid groups (broad SMARTS) is 1. The van der Waals surface area contributed by atoms with Gasteiger partial charge in [0.2, 0.25) is 0 Å².